The second-order valence-electron chi connectivity index (χ2n) is 1.81. The van der Waals surface area contributed by atoms with Crippen molar-refractivity contribution in [2.24, 2.45) is 0 Å². The summed E-state index contributed by atoms with van der Waals surface area (Å²) in [6.45, 7) is 3.50. The highest BCUT2D eigenvalue weighted by Gasteiger charge is 1.90. The van der Waals surface area contributed by atoms with Crippen LogP contribution in [0.2, 0.25) is 0 Å². The Morgan fingerprint density at radius 1 is 1.09 bits per heavy atom. The van der Waals surface area contributed by atoms with Crippen molar-refractivity contribution in [1.29, 1.82) is 5.26 Å². The zero-order valence-electron chi connectivity index (χ0n) is 5.73. The largest absolute Gasteiger partial charge is 0.202 e. The number of nitrogens with one attached hydrogen (secondary N) is 1. The minimum atomic E-state index is 0.914. The van der Waals surface area contributed by atoms with Gasteiger partial charge in [0.1, 0.15) is 11.0 Å². The molecule has 4 nitrogen and oxygen atoms in total. The summed E-state index contributed by atoms with van der Waals surface area (Å²) >= 11 is 0. The van der Waals surface area contributed by atoms with Crippen LogP contribution in [0.3, 0.4) is 0 Å². The molecule has 1 N–H and O–H groups in total. The number of aromatic amines is 1. The SMILES string of the molecule is C#N.c1ccc2n[nH]nc2c1. The fourth-order valence-electron chi connectivity index (χ4n) is 0.786. The molecule has 0 aliphatic rings. The molecule has 2 rings (SSSR count). The molecular weight excluding hydrogens is 140 g/mol. The van der Waals surface area contributed by atoms with Crippen molar-refractivity contribution < 1.29 is 0 Å². The van der Waals surface area contributed by atoms with Crippen LogP contribution < -0.4 is 0 Å². The Labute approximate surface area is 63.5 Å². The molecular formula is C7H6N4. The number of fused-ring (bicyclic) bond motifs is 1. The van der Waals surface area contributed by atoms with Gasteiger partial charge in [0.05, 0.1) is 0 Å². The smallest absolute Gasteiger partial charge is 0.112 e. The summed E-state index contributed by atoms with van der Waals surface area (Å²) in [5.41, 5.74) is 1.83. The van der Waals surface area contributed by atoms with Crippen LogP contribution >= 0.6 is 0 Å². The Bertz CT molecular complexity index is 319. The molecule has 0 atom stereocenters. The van der Waals surface area contributed by atoms with Crippen molar-refractivity contribution in [3.63, 3.8) is 0 Å². The zero-order chi connectivity index (χ0) is 8.10. The van der Waals surface area contributed by atoms with Gasteiger partial charge in [-0.1, -0.05) is 12.1 Å². The highest BCUT2D eigenvalue weighted by atomic mass is 15.3. The lowest BCUT2D eigenvalue weighted by molar-refractivity contribution is 0.959. The summed E-state index contributed by atoms with van der Waals surface area (Å²) in [5.74, 6) is 0. The molecule has 1 aromatic carbocycles. The number of nitriles is 1. The molecule has 54 valence electrons. The first kappa shape index (κ1) is 7.22. The number of rotatable bonds is 0. The number of H-pyrrole nitrogens is 1. The normalized spacial score (nSPS) is 8.55. The van der Waals surface area contributed by atoms with Crippen LogP contribution in [-0.2, 0) is 0 Å². The Balaban J connectivity index is 0.000000281. The fourth-order valence-corrected chi connectivity index (χ4v) is 0.786. The van der Waals surface area contributed by atoms with Crippen LogP contribution in [0.5, 0.6) is 0 Å². The maximum Gasteiger partial charge on any atom is 0.112 e. The van der Waals surface area contributed by atoms with E-state index in [-0.39, 0.29) is 0 Å². The molecule has 0 bridgehead atoms. The van der Waals surface area contributed by atoms with Gasteiger partial charge in [0, 0.05) is 6.57 Å². The van der Waals surface area contributed by atoms with Gasteiger partial charge in [0.25, 0.3) is 0 Å². The molecule has 0 radical (unpaired) electrons. The van der Waals surface area contributed by atoms with Gasteiger partial charge >= 0.3 is 0 Å². The highest BCUT2D eigenvalue weighted by Crippen LogP contribution is 2.03. The Hall–Kier alpha value is -1.89. The van der Waals surface area contributed by atoms with E-state index in [2.05, 4.69) is 22.0 Å². The van der Waals surface area contributed by atoms with Crippen molar-refractivity contribution in [2.45, 2.75) is 0 Å². The predicted molar refractivity (Wildman–Crippen MR) is 40.6 cm³/mol. The van der Waals surface area contributed by atoms with Crippen molar-refractivity contribution in [3.05, 3.63) is 24.3 Å². The third-order valence-corrected chi connectivity index (χ3v) is 1.22. The van der Waals surface area contributed by atoms with Gasteiger partial charge in [-0.3, -0.25) is 0 Å². The Morgan fingerprint density at radius 2 is 1.55 bits per heavy atom. The van der Waals surface area contributed by atoms with E-state index in [0.29, 0.717) is 0 Å². The summed E-state index contributed by atoms with van der Waals surface area (Å²) in [6, 6.07) is 7.70. The Morgan fingerprint density at radius 3 is 2.00 bits per heavy atom. The molecule has 0 unspecified atom stereocenters. The minimum absolute atomic E-state index is 0.914. The number of nitrogens with zero attached hydrogens (tertiary/aromatic N) is 3. The standard InChI is InChI=1S/C6H5N3.CHN/c1-2-4-6-5(3-1)7-9-8-6;1-2/h1-4H,(H,7,8,9);1H. The molecule has 0 saturated carbocycles. The van der Waals surface area contributed by atoms with E-state index < -0.39 is 0 Å². The molecule has 11 heavy (non-hydrogen) atoms. The molecule has 0 aliphatic heterocycles. The van der Waals surface area contributed by atoms with E-state index in [9.17, 15) is 0 Å². The van der Waals surface area contributed by atoms with Crippen molar-refractivity contribution >= 4 is 11.0 Å². The van der Waals surface area contributed by atoms with Crippen molar-refractivity contribution in [2.75, 3.05) is 0 Å². The van der Waals surface area contributed by atoms with E-state index in [4.69, 9.17) is 5.26 Å². The van der Waals surface area contributed by atoms with Crippen LogP contribution in [0.25, 0.3) is 11.0 Å². The Kier molecular flexibility index (Phi) is 2.18. The third-order valence-electron chi connectivity index (χ3n) is 1.22. The maximum atomic E-state index is 6.50. The van der Waals surface area contributed by atoms with Gasteiger partial charge in [-0.2, -0.15) is 15.4 Å². The van der Waals surface area contributed by atoms with Gasteiger partial charge in [0.15, 0.2) is 0 Å². The van der Waals surface area contributed by atoms with Gasteiger partial charge in [-0.05, 0) is 12.1 Å². The predicted octanol–water partition coefficient (Wildman–Crippen LogP) is 1.10. The molecule has 0 fully saturated rings. The van der Waals surface area contributed by atoms with Crippen LogP contribution in [0, 0.1) is 11.8 Å². The summed E-state index contributed by atoms with van der Waals surface area (Å²) in [7, 11) is 0. The van der Waals surface area contributed by atoms with Crippen molar-refractivity contribution in [1.82, 2.24) is 15.4 Å². The first-order chi connectivity index (χ1) is 5.47. The molecule has 2 aromatic rings. The van der Waals surface area contributed by atoms with E-state index >= 15 is 0 Å². The summed E-state index contributed by atoms with van der Waals surface area (Å²) in [5, 5.41) is 16.8. The molecule has 0 amide bonds. The van der Waals surface area contributed by atoms with Crippen molar-refractivity contribution in [3.8, 4) is 6.57 Å². The summed E-state index contributed by atoms with van der Waals surface area (Å²) < 4.78 is 0. The second-order valence-corrected chi connectivity index (χ2v) is 1.81. The first-order valence-electron chi connectivity index (χ1n) is 2.98. The maximum absolute atomic E-state index is 6.50. The van der Waals surface area contributed by atoms with Crippen LogP contribution in [-0.4, -0.2) is 15.4 Å². The van der Waals surface area contributed by atoms with Gasteiger partial charge in [-0.15, -0.1) is 0 Å². The highest BCUT2D eigenvalue weighted by molar-refractivity contribution is 5.72. The molecule has 0 saturated heterocycles. The van der Waals surface area contributed by atoms with E-state index in [1.54, 1.807) is 0 Å². The van der Waals surface area contributed by atoms with E-state index in [1.165, 1.54) is 0 Å². The summed E-state index contributed by atoms with van der Waals surface area (Å²) in [6.07, 6.45) is 0. The van der Waals surface area contributed by atoms with E-state index in [0.717, 1.165) is 11.0 Å². The number of aromatic nitrogens is 3. The lowest BCUT2D eigenvalue weighted by Crippen LogP contribution is -1.63. The second kappa shape index (κ2) is 3.32. The van der Waals surface area contributed by atoms with Crippen LogP contribution in [0.1, 0.15) is 0 Å². The molecule has 0 aliphatic carbocycles. The number of hydrogen-bond acceptors (Lipinski definition) is 3. The molecule has 1 heterocycles. The first-order valence-corrected chi connectivity index (χ1v) is 2.98. The zero-order valence-corrected chi connectivity index (χ0v) is 5.73. The average Bonchev–Trinajstić information content (AvgIpc) is 2.55. The van der Waals surface area contributed by atoms with Gasteiger partial charge in [-0.25, -0.2) is 5.26 Å². The quantitative estimate of drug-likeness (QED) is 0.605. The lowest BCUT2D eigenvalue weighted by atomic mass is 10.3. The van der Waals surface area contributed by atoms with Crippen LogP contribution in [0.15, 0.2) is 24.3 Å². The number of para-hydroxylation sites is 2. The number of benzene rings is 1. The molecule has 4 heteroatoms. The fraction of sp³-hybridized carbons (Fsp3) is 0. The van der Waals surface area contributed by atoms with Crippen LogP contribution in [0.4, 0.5) is 0 Å². The number of hydrogen-bond donors (Lipinski definition) is 1. The third kappa shape index (κ3) is 1.33. The monoisotopic (exact) mass is 146 g/mol. The van der Waals surface area contributed by atoms with E-state index in [1.807, 2.05) is 24.3 Å². The molecule has 0 spiro atoms. The molecule has 1 aromatic heterocycles. The minimum Gasteiger partial charge on any atom is -0.202 e. The average molecular weight is 146 g/mol. The topological polar surface area (TPSA) is 65.4 Å². The summed E-state index contributed by atoms with van der Waals surface area (Å²) in [4.78, 5) is 0. The lowest BCUT2D eigenvalue weighted by Gasteiger charge is -1.78. The van der Waals surface area contributed by atoms with Gasteiger partial charge < -0.3 is 0 Å². The van der Waals surface area contributed by atoms with Gasteiger partial charge in [0.2, 0.25) is 0 Å².